The molecule has 2 fully saturated rings. The quantitative estimate of drug-likeness (QED) is 0.798. The molecule has 1 N–H and O–H groups in total. The molecule has 0 amide bonds. The van der Waals surface area contributed by atoms with Crippen LogP contribution < -0.4 is 4.74 Å². The number of benzene rings is 1. The first-order chi connectivity index (χ1) is 13.4. The van der Waals surface area contributed by atoms with E-state index >= 15 is 0 Å². The van der Waals surface area contributed by atoms with Crippen LogP contribution in [0, 0.1) is 11.3 Å². The Morgan fingerprint density at radius 3 is 2.93 bits per heavy atom. The fraction of sp³-hybridized carbons (Fsp3) is 0.609. The van der Waals surface area contributed by atoms with E-state index in [0.717, 1.165) is 32.2 Å². The number of rotatable bonds is 2. The number of aryl methyl sites for hydroxylation is 1. The molecule has 7 rings (SSSR count). The van der Waals surface area contributed by atoms with E-state index in [1.807, 2.05) is 0 Å². The molecule has 4 aliphatic carbocycles. The monoisotopic (exact) mass is 381 g/mol. The second-order valence-corrected chi connectivity index (χ2v) is 9.50. The van der Waals surface area contributed by atoms with Gasteiger partial charge in [-0.2, -0.15) is 0 Å². The van der Waals surface area contributed by atoms with Crippen LogP contribution in [0.1, 0.15) is 37.3 Å². The van der Waals surface area contributed by atoms with E-state index in [2.05, 4.69) is 30.2 Å². The molecule has 4 bridgehead atoms. The second-order valence-electron chi connectivity index (χ2n) is 9.50. The van der Waals surface area contributed by atoms with Gasteiger partial charge in [0, 0.05) is 24.1 Å². The highest BCUT2D eigenvalue weighted by atomic mass is 16.6. The predicted molar refractivity (Wildman–Crippen MR) is 104 cm³/mol. The molecular formula is C23H27NO4. The molecule has 0 radical (unpaired) electrons. The van der Waals surface area contributed by atoms with E-state index in [-0.39, 0.29) is 34.4 Å². The fourth-order valence-electron chi connectivity index (χ4n) is 7.78. The zero-order valence-electron chi connectivity index (χ0n) is 16.7. The molecule has 0 aromatic heterocycles. The molecule has 2 spiro atoms. The summed E-state index contributed by atoms with van der Waals surface area (Å²) in [5.74, 6) is 0.772. The molecule has 5 nitrogen and oxygen atoms in total. The van der Waals surface area contributed by atoms with Crippen molar-refractivity contribution in [1.29, 1.82) is 0 Å². The first-order valence-corrected chi connectivity index (χ1v) is 10.4. The number of hydrogen-bond donors (Lipinski definition) is 1. The predicted octanol–water partition coefficient (Wildman–Crippen LogP) is 2.59. The highest BCUT2D eigenvalue weighted by Crippen LogP contribution is 2.73. The summed E-state index contributed by atoms with van der Waals surface area (Å²) in [5, 5.41) is 10.7. The number of methoxy groups -OCH3 is 1. The zero-order valence-corrected chi connectivity index (χ0v) is 16.7. The normalized spacial score (nSPS) is 44.8. The maximum absolute atomic E-state index is 12.8. The maximum Gasteiger partial charge on any atom is 0.165 e. The number of hydrogen-bond acceptors (Lipinski definition) is 5. The number of carbonyl (C=O) groups is 1. The smallest absolute Gasteiger partial charge is 0.165 e. The molecule has 1 aromatic carbocycles. The van der Waals surface area contributed by atoms with Gasteiger partial charge < -0.3 is 19.5 Å². The summed E-state index contributed by atoms with van der Waals surface area (Å²) in [4.78, 5) is 15.3. The Balaban J connectivity index is 1.73. The summed E-state index contributed by atoms with van der Waals surface area (Å²) in [6.07, 6.45) is 7.97. The molecule has 1 saturated carbocycles. The Kier molecular flexibility index (Phi) is 3.05. The van der Waals surface area contributed by atoms with Crippen LogP contribution in [0.3, 0.4) is 0 Å². The number of phenols is 1. The van der Waals surface area contributed by atoms with Gasteiger partial charge in [-0.15, -0.1) is 0 Å². The Bertz CT molecular complexity index is 941. The van der Waals surface area contributed by atoms with Crippen LogP contribution in [-0.4, -0.2) is 54.2 Å². The first-order valence-electron chi connectivity index (χ1n) is 10.4. The molecule has 6 unspecified atom stereocenters. The molecule has 148 valence electrons. The number of phenolic OH excluding ortho intramolecular Hbond substituents is 1. The molecule has 2 heterocycles. The van der Waals surface area contributed by atoms with Crippen LogP contribution in [0.15, 0.2) is 24.3 Å². The van der Waals surface area contributed by atoms with E-state index < -0.39 is 5.60 Å². The molecule has 5 heteroatoms. The molecule has 2 aliphatic heterocycles. The largest absolute Gasteiger partial charge is 0.504 e. The number of likely N-dealkylation sites (tertiary alicyclic amines) is 1. The van der Waals surface area contributed by atoms with Gasteiger partial charge in [-0.05, 0) is 57.8 Å². The fourth-order valence-corrected chi connectivity index (χ4v) is 7.78. The number of aromatic hydroxyl groups is 1. The molecule has 6 atom stereocenters. The topological polar surface area (TPSA) is 59.0 Å². The Morgan fingerprint density at radius 2 is 2.18 bits per heavy atom. The van der Waals surface area contributed by atoms with Crippen molar-refractivity contribution in [1.82, 2.24) is 4.90 Å². The van der Waals surface area contributed by atoms with E-state index in [1.54, 1.807) is 20.1 Å². The number of piperidine rings is 1. The van der Waals surface area contributed by atoms with E-state index in [4.69, 9.17) is 9.47 Å². The van der Waals surface area contributed by atoms with Gasteiger partial charge in [-0.3, -0.25) is 4.79 Å². The van der Waals surface area contributed by atoms with Crippen molar-refractivity contribution in [2.24, 2.45) is 11.3 Å². The van der Waals surface area contributed by atoms with E-state index in [9.17, 15) is 9.90 Å². The minimum absolute atomic E-state index is 0.161. The Hall–Kier alpha value is -1.85. The van der Waals surface area contributed by atoms with Crippen molar-refractivity contribution in [3.05, 3.63) is 35.4 Å². The van der Waals surface area contributed by atoms with Crippen molar-refractivity contribution in [2.75, 3.05) is 20.7 Å². The second kappa shape index (κ2) is 5.00. The van der Waals surface area contributed by atoms with Crippen LogP contribution in [0.5, 0.6) is 11.5 Å². The molecule has 28 heavy (non-hydrogen) atoms. The number of Topliss-reactive ketones (excluding diaryl/α,β-unsaturated/α-hetero) is 1. The first kappa shape index (κ1) is 17.0. The van der Waals surface area contributed by atoms with Gasteiger partial charge in [-0.1, -0.05) is 18.2 Å². The summed E-state index contributed by atoms with van der Waals surface area (Å²) < 4.78 is 12.8. The molecular weight excluding hydrogens is 354 g/mol. The van der Waals surface area contributed by atoms with Crippen LogP contribution in [0.4, 0.5) is 0 Å². The van der Waals surface area contributed by atoms with Gasteiger partial charge in [0.05, 0.1) is 11.3 Å². The number of ketones is 1. The number of ether oxygens (including phenoxy) is 2. The van der Waals surface area contributed by atoms with Crippen molar-refractivity contribution in [2.45, 2.75) is 55.8 Å². The van der Waals surface area contributed by atoms with Gasteiger partial charge in [0.2, 0.25) is 0 Å². The summed E-state index contributed by atoms with van der Waals surface area (Å²) in [7, 11) is 3.92. The molecule has 1 aromatic rings. The standard InChI is InChI=1S/C23H27NO4/c1-13(25)15-12-21-8-9-23(15,27-3)20-22(21)10-11-24(2)17(21)7-5-14-4-6-16(26)19(28-20)18(14)22/h4,6,8-9,15,17,20,26H,5,7,10-12H2,1-3H3. The summed E-state index contributed by atoms with van der Waals surface area (Å²) in [5.41, 5.74) is 1.29. The Morgan fingerprint density at radius 1 is 1.36 bits per heavy atom. The summed E-state index contributed by atoms with van der Waals surface area (Å²) >= 11 is 0. The maximum atomic E-state index is 12.8. The van der Waals surface area contributed by atoms with Crippen molar-refractivity contribution >= 4 is 5.78 Å². The highest BCUT2D eigenvalue weighted by molar-refractivity contribution is 5.82. The third-order valence-corrected chi connectivity index (χ3v) is 8.84. The van der Waals surface area contributed by atoms with Crippen molar-refractivity contribution in [3.8, 4) is 11.5 Å². The van der Waals surface area contributed by atoms with Gasteiger partial charge in [0.1, 0.15) is 17.5 Å². The minimum atomic E-state index is -0.777. The average molecular weight is 381 g/mol. The van der Waals surface area contributed by atoms with Gasteiger partial charge in [0.15, 0.2) is 11.5 Å². The van der Waals surface area contributed by atoms with Gasteiger partial charge in [-0.25, -0.2) is 0 Å². The SMILES string of the molecule is COC12C=CC3(CC1C(C)=O)C1CCc4ccc(O)c5c4C3(CCN1C)C2O5. The van der Waals surface area contributed by atoms with Gasteiger partial charge in [0.25, 0.3) is 0 Å². The summed E-state index contributed by atoms with van der Waals surface area (Å²) in [6.45, 7) is 2.67. The third kappa shape index (κ3) is 1.52. The third-order valence-electron chi connectivity index (χ3n) is 8.84. The van der Waals surface area contributed by atoms with Crippen LogP contribution >= 0.6 is 0 Å². The highest BCUT2D eigenvalue weighted by Gasteiger charge is 2.78. The molecule has 6 aliphatic rings. The number of nitrogens with zero attached hydrogens (tertiary/aromatic N) is 1. The lowest BCUT2D eigenvalue weighted by molar-refractivity contribution is -0.209. The van der Waals surface area contributed by atoms with Crippen LogP contribution in [0.25, 0.3) is 0 Å². The lowest BCUT2D eigenvalue weighted by Crippen LogP contribution is -2.77. The Labute approximate surface area is 165 Å². The molecule has 1 saturated heterocycles. The number of carbonyl (C=O) groups excluding carboxylic acids is 1. The zero-order chi connectivity index (χ0) is 19.5. The lowest BCUT2D eigenvalue weighted by Gasteiger charge is -2.68. The van der Waals surface area contributed by atoms with Crippen molar-refractivity contribution < 1.29 is 19.4 Å². The summed E-state index contributed by atoms with van der Waals surface area (Å²) in [6, 6.07) is 4.20. The lowest BCUT2D eigenvalue weighted by atomic mass is 9.39. The van der Waals surface area contributed by atoms with Crippen LogP contribution in [0.2, 0.25) is 0 Å². The van der Waals surface area contributed by atoms with E-state index in [0.29, 0.717) is 11.8 Å². The number of fused-ring (bicyclic) bond motifs is 1. The van der Waals surface area contributed by atoms with Gasteiger partial charge >= 0.3 is 0 Å². The van der Waals surface area contributed by atoms with Crippen molar-refractivity contribution in [3.63, 3.8) is 0 Å². The van der Waals surface area contributed by atoms with E-state index in [1.165, 1.54) is 11.1 Å². The minimum Gasteiger partial charge on any atom is -0.504 e. The van der Waals surface area contributed by atoms with Crippen LogP contribution in [-0.2, 0) is 21.4 Å². The average Bonchev–Trinajstić information content (AvgIpc) is 3.03.